The van der Waals surface area contributed by atoms with E-state index in [0.29, 0.717) is 0 Å². The third kappa shape index (κ3) is 6.65. The zero-order valence-corrected chi connectivity index (χ0v) is 9.61. The average molecular weight is 229 g/mol. The summed E-state index contributed by atoms with van der Waals surface area (Å²) in [5, 5.41) is 19.3. The molecule has 6 heteroatoms. The lowest BCUT2D eigenvalue weighted by Gasteiger charge is -2.21. The molecule has 0 aliphatic carbocycles. The molecule has 0 aromatic rings. The second kappa shape index (κ2) is 5.95. The molecule has 0 spiro atoms. The van der Waals surface area contributed by atoms with Crippen LogP contribution in [0.5, 0.6) is 0 Å². The van der Waals surface area contributed by atoms with Gasteiger partial charge in [0.25, 0.3) is 0 Å². The molecule has 1 amide bonds. The lowest BCUT2D eigenvalue weighted by Crippen LogP contribution is -2.43. The van der Waals surface area contributed by atoms with Crippen molar-refractivity contribution >= 4 is 12.1 Å². The van der Waals surface area contributed by atoms with Gasteiger partial charge in [0, 0.05) is 6.42 Å². The van der Waals surface area contributed by atoms with Crippen molar-refractivity contribution in [3.05, 3.63) is 0 Å². The molecule has 0 aromatic heterocycles. The molecule has 90 valence electrons. The maximum atomic E-state index is 11.3. The highest BCUT2D eigenvalue weighted by Gasteiger charge is 2.23. The zero-order chi connectivity index (χ0) is 12.8. The predicted octanol–water partition coefficient (Wildman–Crippen LogP) is 1.27. The molecule has 16 heavy (non-hydrogen) atoms. The Morgan fingerprint density at radius 3 is 2.44 bits per heavy atom. The van der Waals surface area contributed by atoms with E-state index in [9.17, 15) is 9.59 Å². The predicted molar refractivity (Wildman–Crippen MR) is 55.6 cm³/mol. The molecule has 0 unspecified atom stereocenters. The van der Waals surface area contributed by atoms with Gasteiger partial charge in [-0.3, -0.25) is 0 Å². The molecular weight excluding hydrogens is 213 g/mol. The van der Waals surface area contributed by atoms with E-state index < -0.39 is 23.7 Å². The summed E-state index contributed by atoms with van der Waals surface area (Å²) in [6.07, 6.45) is -0.671. The van der Waals surface area contributed by atoms with Gasteiger partial charge >= 0.3 is 12.1 Å². The Kier molecular flexibility index (Phi) is 5.30. The number of aliphatic carboxylic acids is 1. The molecule has 0 bridgehead atoms. The van der Waals surface area contributed by atoms with Gasteiger partial charge in [0.05, 0.1) is 6.07 Å². The largest absolute Gasteiger partial charge is 0.480 e. The summed E-state index contributed by atoms with van der Waals surface area (Å²) in [6.45, 7) is 5.03. The molecule has 0 radical (unpaired) electrons. The number of ether oxygens (including phenoxy) is 1. The van der Waals surface area contributed by atoms with Crippen LogP contribution in [0, 0.1) is 11.3 Å². The van der Waals surface area contributed by atoms with Gasteiger partial charge in [-0.2, -0.15) is 5.26 Å². The minimum absolute atomic E-state index is 0.0606. The first-order chi connectivity index (χ1) is 7.26. The van der Waals surface area contributed by atoms with Crippen LogP contribution in [0.3, 0.4) is 0 Å². The van der Waals surface area contributed by atoms with E-state index >= 15 is 0 Å². The summed E-state index contributed by atoms with van der Waals surface area (Å²) < 4.78 is 4.90. The number of rotatable bonds is 4. The highest BCUT2D eigenvalue weighted by molar-refractivity contribution is 5.79. The van der Waals surface area contributed by atoms with E-state index in [2.05, 4.69) is 5.32 Å². The van der Waals surface area contributed by atoms with Crippen molar-refractivity contribution < 1.29 is 19.4 Å². The Morgan fingerprint density at radius 2 is 2.06 bits per heavy atom. The Labute approximate surface area is 94.2 Å². The van der Waals surface area contributed by atoms with Gasteiger partial charge in [-0.15, -0.1) is 0 Å². The van der Waals surface area contributed by atoms with Crippen molar-refractivity contribution in [3.8, 4) is 6.07 Å². The van der Waals surface area contributed by atoms with Gasteiger partial charge in [0.15, 0.2) is 0 Å². The van der Waals surface area contributed by atoms with Gasteiger partial charge in [-0.25, -0.2) is 9.59 Å². The lowest BCUT2D eigenvalue weighted by atomic mass is 10.2. The second-order valence-electron chi connectivity index (χ2n) is 4.23. The number of carbonyl (C=O) groups excluding carboxylic acids is 1. The van der Waals surface area contributed by atoms with Crippen molar-refractivity contribution in [1.82, 2.24) is 5.32 Å². The van der Waals surface area contributed by atoms with E-state index in [0.717, 1.165) is 0 Å². The maximum absolute atomic E-state index is 11.3. The molecule has 0 saturated heterocycles. The summed E-state index contributed by atoms with van der Waals surface area (Å²) in [4.78, 5) is 22.0. The van der Waals surface area contributed by atoms with E-state index in [1.807, 2.05) is 6.07 Å². The van der Waals surface area contributed by atoms with Crippen molar-refractivity contribution in [2.75, 3.05) is 0 Å². The van der Waals surface area contributed by atoms with Crippen LogP contribution >= 0.6 is 0 Å². The molecule has 0 fully saturated rings. The van der Waals surface area contributed by atoms with E-state index in [-0.39, 0.29) is 12.8 Å². The molecule has 0 heterocycles. The van der Waals surface area contributed by atoms with E-state index in [4.69, 9.17) is 15.1 Å². The highest BCUT2D eigenvalue weighted by Crippen LogP contribution is 2.07. The van der Waals surface area contributed by atoms with Crippen molar-refractivity contribution in [1.29, 1.82) is 5.26 Å². The number of nitriles is 1. The Hall–Kier alpha value is -1.77. The van der Waals surface area contributed by atoms with E-state index in [1.54, 1.807) is 20.8 Å². The standard InChI is InChI=1S/C10H16N2O4/c1-10(2,3)16-9(15)12-7(8(13)14)5-4-6-11/h7H,4-5H2,1-3H3,(H,12,15)(H,13,14)/t7-/m0/s1/i6+1. The van der Waals surface area contributed by atoms with Crippen LogP contribution in [0.1, 0.15) is 33.6 Å². The lowest BCUT2D eigenvalue weighted by molar-refractivity contribution is -0.139. The first kappa shape index (κ1) is 14.2. The molecule has 0 aliphatic rings. The summed E-state index contributed by atoms with van der Waals surface area (Å²) >= 11 is 0. The maximum Gasteiger partial charge on any atom is 0.408 e. The molecule has 0 aliphatic heterocycles. The smallest absolute Gasteiger partial charge is 0.408 e. The summed E-state index contributed by atoms with van der Waals surface area (Å²) in [7, 11) is 0. The van der Waals surface area contributed by atoms with Crippen LogP contribution in [0.25, 0.3) is 0 Å². The Balaban J connectivity index is 4.25. The molecule has 0 rings (SSSR count). The third-order valence-corrected chi connectivity index (χ3v) is 1.53. The van der Waals surface area contributed by atoms with Gasteiger partial charge in [-0.05, 0) is 27.2 Å². The van der Waals surface area contributed by atoms with Gasteiger partial charge < -0.3 is 15.2 Å². The Bertz CT molecular complexity index is 301. The fourth-order valence-corrected chi connectivity index (χ4v) is 0.916. The number of nitrogens with zero attached hydrogens (tertiary/aromatic N) is 1. The van der Waals surface area contributed by atoms with Crippen LogP contribution in [-0.4, -0.2) is 28.8 Å². The number of carbonyl (C=O) groups is 2. The fraction of sp³-hybridized carbons (Fsp3) is 0.700. The van der Waals surface area contributed by atoms with Crippen LogP contribution < -0.4 is 5.32 Å². The average Bonchev–Trinajstić information content (AvgIpc) is 2.08. The summed E-state index contributed by atoms with van der Waals surface area (Å²) in [6, 6.07) is 0.731. The SMILES string of the molecule is CC(C)(C)OC(=O)N[C@@H](CC[13C]#N)C(=O)O. The first-order valence-corrected chi connectivity index (χ1v) is 4.85. The van der Waals surface area contributed by atoms with Gasteiger partial charge in [-0.1, -0.05) is 0 Å². The molecular formula is C10H16N2O4. The second-order valence-corrected chi connectivity index (χ2v) is 4.23. The van der Waals surface area contributed by atoms with Crippen molar-refractivity contribution in [3.63, 3.8) is 0 Å². The van der Waals surface area contributed by atoms with Crippen molar-refractivity contribution in [2.45, 2.75) is 45.3 Å². The van der Waals surface area contributed by atoms with Gasteiger partial charge in [0.1, 0.15) is 11.6 Å². The Morgan fingerprint density at radius 1 is 1.50 bits per heavy atom. The van der Waals surface area contributed by atoms with Crippen LogP contribution in [0.15, 0.2) is 0 Å². The third-order valence-electron chi connectivity index (χ3n) is 1.53. The molecule has 6 nitrogen and oxygen atoms in total. The van der Waals surface area contributed by atoms with E-state index in [1.165, 1.54) is 0 Å². The number of hydrogen-bond acceptors (Lipinski definition) is 4. The number of nitrogens with one attached hydrogen (secondary N) is 1. The molecule has 0 saturated carbocycles. The molecule has 1 atom stereocenters. The minimum atomic E-state index is -1.18. The van der Waals surface area contributed by atoms with Gasteiger partial charge in [0.2, 0.25) is 0 Å². The number of alkyl carbamates (subject to hydrolysis) is 1. The zero-order valence-electron chi connectivity index (χ0n) is 9.61. The minimum Gasteiger partial charge on any atom is -0.480 e. The number of carboxylic acid groups (broad SMARTS) is 1. The van der Waals surface area contributed by atoms with Crippen LogP contribution in [0.2, 0.25) is 0 Å². The summed E-state index contributed by atoms with van der Waals surface area (Å²) in [5.74, 6) is -1.18. The van der Waals surface area contributed by atoms with Crippen LogP contribution in [0.4, 0.5) is 4.79 Å². The number of amides is 1. The highest BCUT2D eigenvalue weighted by atomic mass is 16.6. The summed E-state index contributed by atoms with van der Waals surface area (Å²) in [5.41, 5.74) is -0.678. The fourth-order valence-electron chi connectivity index (χ4n) is 0.916. The number of hydrogen-bond donors (Lipinski definition) is 2. The normalized spacial score (nSPS) is 12.4. The molecule has 2 N–H and O–H groups in total. The topological polar surface area (TPSA) is 99.4 Å². The van der Waals surface area contributed by atoms with Crippen molar-refractivity contribution in [2.24, 2.45) is 0 Å². The van der Waals surface area contributed by atoms with Crippen LogP contribution in [-0.2, 0) is 9.53 Å². The first-order valence-electron chi connectivity index (χ1n) is 4.85. The monoisotopic (exact) mass is 229 g/mol. The molecule has 0 aromatic carbocycles. The number of carboxylic acids is 1. The quantitative estimate of drug-likeness (QED) is 0.707.